The van der Waals surface area contributed by atoms with E-state index in [1.54, 1.807) is 4.68 Å². The lowest BCUT2D eigenvalue weighted by atomic mass is 10.2. The second-order valence-electron chi connectivity index (χ2n) is 3.90. The number of hydrogen-bond acceptors (Lipinski definition) is 2. The van der Waals surface area contributed by atoms with E-state index in [0.717, 1.165) is 24.2 Å². The first-order chi connectivity index (χ1) is 7.09. The SMILES string of the molecule is Cc1nn(C)c(Cl)c1CN1CCCC1=O. The van der Waals surface area contributed by atoms with Gasteiger partial charge in [0.15, 0.2) is 0 Å². The quantitative estimate of drug-likeness (QED) is 0.768. The van der Waals surface area contributed by atoms with E-state index in [1.807, 2.05) is 18.9 Å². The van der Waals surface area contributed by atoms with Gasteiger partial charge in [0.25, 0.3) is 0 Å². The minimum Gasteiger partial charge on any atom is -0.338 e. The van der Waals surface area contributed by atoms with Gasteiger partial charge in [-0.15, -0.1) is 0 Å². The first-order valence-corrected chi connectivity index (χ1v) is 5.43. The molecule has 1 aliphatic rings. The highest BCUT2D eigenvalue weighted by atomic mass is 35.5. The first-order valence-electron chi connectivity index (χ1n) is 5.05. The minimum absolute atomic E-state index is 0.217. The lowest BCUT2D eigenvalue weighted by molar-refractivity contribution is -0.128. The minimum atomic E-state index is 0.217. The van der Waals surface area contributed by atoms with Gasteiger partial charge in [0.1, 0.15) is 5.15 Å². The van der Waals surface area contributed by atoms with Gasteiger partial charge in [-0.1, -0.05) is 11.6 Å². The maximum absolute atomic E-state index is 11.5. The lowest BCUT2D eigenvalue weighted by Crippen LogP contribution is -2.24. The summed E-state index contributed by atoms with van der Waals surface area (Å²) in [5.41, 5.74) is 1.87. The molecule has 1 aromatic rings. The van der Waals surface area contributed by atoms with Crippen molar-refractivity contribution in [3.63, 3.8) is 0 Å². The Morgan fingerprint density at radius 1 is 1.53 bits per heavy atom. The molecule has 1 amide bonds. The Balaban J connectivity index is 2.20. The molecular formula is C10H14ClN3O. The number of aryl methyl sites for hydroxylation is 2. The predicted octanol–water partition coefficient (Wildman–Crippen LogP) is 1.50. The lowest BCUT2D eigenvalue weighted by Gasteiger charge is -2.14. The van der Waals surface area contributed by atoms with E-state index in [1.165, 1.54) is 0 Å². The van der Waals surface area contributed by atoms with Gasteiger partial charge in [-0.05, 0) is 13.3 Å². The topological polar surface area (TPSA) is 38.1 Å². The summed E-state index contributed by atoms with van der Waals surface area (Å²) in [5, 5.41) is 4.86. The smallest absolute Gasteiger partial charge is 0.222 e. The Morgan fingerprint density at radius 3 is 2.73 bits per heavy atom. The van der Waals surface area contributed by atoms with Crippen LogP contribution >= 0.6 is 11.6 Å². The highest BCUT2D eigenvalue weighted by Crippen LogP contribution is 2.22. The zero-order valence-corrected chi connectivity index (χ0v) is 9.71. The maximum atomic E-state index is 11.5. The van der Waals surface area contributed by atoms with Crippen LogP contribution in [0.25, 0.3) is 0 Å². The standard InChI is InChI=1S/C10H14ClN3O/c1-7-8(10(11)13(2)12-7)6-14-5-3-4-9(14)15/h3-6H2,1-2H3. The molecule has 2 heterocycles. The Kier molecular flexibility index (Phi) is 2.69. The molecule has 1 aliphatic heterocycles. The number of halogens is 1. The van der Waals surface area contributed by atoms with Crippen LogP contribution in [0, 0.1) is 6.92 Å². The highest BCUT2D eigenvalue weighted by molar-refractivity contribution is 6.30. The van der Waals surface area contributed by atoms with Crippen molar-refractivity contribution in [3.8, 4) is 0 Å². The summed E-state index contributed by atoms with van der Waals surface area (Å²) >= 11 is 6.10. The molecule has 2 rings (SSSR count). The van der Waals surface area contributed by atoms with Gasteiger partial charge in [0.05, 0.1) is 12.2 Å². The fourth-order valence-corrected chi connectivity index (χ4v) is 2.15. The molecule has 1 fully saturated rings. The number of carbonyl (C=O) groups is 1. The van der Waals surface area contributed by atoms with Gasteiger partial charge < -0.3 is 4.90 Å². The van der Waals surface area contributed by atoms with Crippen molar-refractivity contribution in [3.05, 3.63) is 16.4 Å². The molecule has 0 bridgehead atoms. The largest absolute Gasteiger partial charge is 0.338 e. The molecule has 4 nitrogen and oxygen atoms in total. The molecule has 82 valence electrons. The summed E-state index contributed by atoms with van der Waals surface area (Å²) in [7, 11) is 1.81. The van der Waals surface area contributed by atoms with E-state index in [4.69, 9.17) is 11.6 Å². The number of amides is 1. The molecule has 0 N–H and O–H groups in total. The first kappa shape index (κ1) is 10.5. The van der Waals surface area contributed by atoms with Gasteiger partial charge >= 0.3 is 0 Å². The molecule has 0 radical (unpaired) electrons. The summed E-state index contributed by atoms with van der Waals surface area (Å²) in [6, 6.07) is 0. The Labute approximate surface area is 93.8 Å². The number of rotatable bonds is 2. The second kappa shape index (κ2) is 3.85. The Morgan fingerprint density at radius 2 is 2.27 bits per heavy atom. The molecule has 0 aromatic carbocycles. The van der Waals surface area contributed by atoms with Crippen LogP contribution < -0.4 is 0 Å². The molecule has 0 atom stereocenters. The van der Waals surface area contributed by atoms with E-state index < -0.39 is 0 Å². The molecular weight excluding hydrogens is 214 g/mol. The Hall–Kier alpha value is -1.03. The van der Waals surface area contributed by atoms with Crippen molar-refractivity contribution >= 4 is 17.5 Å². The van der Waals surface area contributed by atoms with Crippen molar-refractivity contribution in [1.29, 1.82) is 0 Å². The predicted molar refractivity (Wildman–Crippen MR) is 57.6 cm³/mol. The zero-order valence-electron chi connectivity index (χ0n) is 8.96. The van der Waals surface area contributed by atoms with Crippen LogP contribution in [0.15, 0.2) is 0 Å². The normalized spacial score (nSPS) is 16.5. The number of likely N-dealkylation sites (tertiary alicyclic amines) is 1. The van der Waals surface area contributed by atoms with E-state index in [9.17, 15) is 4.79 Å². The van der Waals surface area contributed by atoms with Crippen molar-refractivity contribution < 1.29 is 4.79 Å². The number of nitrogens with zero attached hydrogens (tertiary/aromatic N) is 3. The van der Waals surface area contributed by atoms with Crippen LogP contribution in [0.3, 0.4) is 0 Å². The van der Waals surface area contributed by atoms with Crippen LogP contribution in [-0.4, -0.2) is 27.1 Å². The summed E-state index contributed by atoms with van der Waals surface area (Å²) in [4.78, 5) is 13.3. The fraction of sp³-hybridized carbons (Fsp3) is 0.600. The summed E-state index contributed by atoms with van der Waals surface area (Å²) < 4.78 is 1.65. The third kappa shape index (κ3) is 1.86. The van der Waals surface area contributed by atoms with Gasteiger partial charge in [0, 0.05) is 25.6 Å². The number of aromatic nitrogens is 2. The van der Waals surface area contributed by atoms with E-state index in [-0.39, 0.29) is 5.91 Å². The zero-order chi connectivity index (χ0) is 11.0. The van der Waals surface area contributed by atoms with Crippen molar-refractivity contribution in [2.75, 3.05) is 6.54 Å². The average molecular weight is 228 g/mol. The average Bonchev–Trinajstić information content (AvgIpc) is 2.67. The van der Waals surface area contributed by atoms with E-state index in [2.05, 4.69) is 5.10 Å². The van der Waals surface area contributed by atoms with Crippen LogP contribution in [0.1, 0.15) is 24.1 Å². The summed E-state index contributed by atoms with van der Waals surface area (Å²) in [6.45, 7) is 3.35. The molecule has 0 unspecified atom stereocenters. The van der Waals surface area contributed by atoms with Gasteiger partial charge in [0.2, 0.25) is 5.91 Å². The molecule has 0 aliphatic carbocycles. The highest BCUT2D eigenvalue weighted by Gasteiger charge is 2.23. The number of carbonyl (C=O) groups excluding carboxylic acids is 1. The second-order valence-corrected chi connectivity index (χ2v) is 4.26. The molecule has 1 saturated heterocycles. The molecule has 5 heteroatoms. The summed E-state index contributed by atoms with van der Waals surface area (Å²) in [6.07, 6.45) is 1.62. The van der Waals surface area contributed by atoms with Crippen LogP contribution in [0.2, 0.25) is 5.15 Å². The molecule has 1 aromatic heterocycles. The van der Waals surface area contributed by atoms with Crippen LogP contribution in [0.4, 0.5) is 0 Å². The maximum Gasteiger partial charge on any atom is 0.222 e. The van der Waals surface area contributed by atoms with E-state index >= 15 is 0 Å². The Bertz CT molecular complexity index is 400. The molecule has 15 heavy (non-hydrogen) atoms. The van der Waals surface area contributed by atoms with Crippen molar-refractivity contribution in [2.45, 2.75) is 26.3 Å². The van der Waals surface area contributed by atoms with Gasteiger partial charge in [-0.2, -0.15) is 5.10 Å². The molecule has 0 spiro atoms. The number of hydrogen-bond donors (Lipinski definition) is 0. The third-order valence-electron chi connectivity index (χ3n) is 2.79. The van der Waals surface area contributed by atoms with Crippen LogP contribution in [0.5, 0.6) is 0 Å². The van der Waals surface area contributed by atoms with Gasteiger partial charge in [-0.3, -0.25) is 9.48 Å². The van der Waals surface area contributed by atoms with Crippen LogP contribution in [-0.2, 0) is 18.4 Å². The monoisotopic (exact) mass is 227 g/mol. The molecule has 0 saturated carbocycles. The van der Waals surface area contributed by atoms with Crippen molar-refractivity contribution in [1.82, 2.24) is 14.7 Å². The fourth-order valence-electron chi connectivity index (χ4n) is 1.92. The van der Waals surface area contributed by atoms with Crippen molar-refractivity contribution in [2.24, 2.45) is 7.05 Å². The van der Waals surface area contributed by atoms with E-state index in [0.29, 0.717) is 18.1 Å². The third-order valence-corrected chi connectivity index (χ3v) is 3.26. The van der Waals surface area contributed by atoms with Gasteiger partial charge in [-0.25, -0.2) is 0 Å². The summed E-state index contributed by atoms with van der Waals surface area (Å²) in [5.74, 6) is 0.217.